The first-order valence-corrected chi connectivity index (χ1v) is 11.1. The number of allylic oxidation sites excluding steroid dienone is 1. The molecule has 0 saturated heterocycles. The highest BCUT2D eigenvalue weighted by Gasteiger charge is 2.33. The Morgan fingerprint density at radius 1 is 1.34 bits per heavy atom. The Morgan fingerprint density at radius 2 is 2.17 bits per heavy atom. The average molecular weight is 445 g/mol. The van der Waals surface area contributed by atoms with Crippen molar-refractivity contribution in [2.24, 2.45) is 4.99 Å². The summed E-state index contributed by atoms with van der Waals surface area (Å²) in [7, 11) is 0. The van der Waals surface area contributed by atoms with Gasteiger partial charge in [0.05, 0.1) is 22.4 Å². The standard InChI is InChI=1S/C21H17ClN2O3S2/c1-3-27-20(26)17-12(2)23-21-24(18(17)15-8-5-9-28-15)19(25)16(29-21)11-13-6-4-7-14(22)10-13/h4-11,18H,3H2,1-2H3/b16-11-/t18-/m0/s1. The molecule has 1 aromatic carbocycles. The second-order valence-corrected chi connectivity index (χ2v) is 8.80. The van der Waals surface area contributed by atoms with E-state index in [4.69, 9.17) is 16.3 Å². The van der Waals surface area contributed by atoms with Crippen LogP contribution in [0.25, 0.3) is 6.08 Å². The van der Waals surface area contributed by atoms with Crippen LogP contribution >= 0.6 is 34.3 Å². The van der Waals surface area contributed by atoms with Crippen LogP contribution in [0, 0.1) is 0 Å². The lowest BCUT2D eigenvalue weighted by Crippen LogP contribution is -2.39. The molecule has 3 heterocycles. The molecule has 0 spiro atoms. The van der Waals surface area contributed by atoms with Gasteiger partial charge >= 0.3 is 5.97 Å². The third-order valence-electron chi connectivity index (χ3n) is 4.48. The van der Waals surface area contributed by atoms with E-state index in [9.17, 15) is 9.59 Å². The van der Waals surface area contributed by atoms with Crippen molar-refractivity contribution < 1.29 is 9.53 Å². The van der Waals surface area contributed by atoms with E-state index in [1.165, 1.54) is 22.7 Å². The van der Waals surface area contributed by atoms with Crippen molar-refractivity contribution in [3.8, 4) is 0 Å². The largest absolute Gasteiger partial charge is 0.463 e. The highest BCUT2D eigenvalue weighted by molar-refractivity contribution is 7.10. The molecule has 29 heavy (non-hydrogen) atoms. The van der Waals surface area contributed by atoms with Gasteiger partial charge in [0.1, 0.15) is 6.04 Å². The van der Waals surface area contributed by atoms with E-state index in [0.29, 0.717) is 25.6 Å². The lowest BCUT2D eigenvalue weighted by atomic mass is 10.0. The Bertz CT molecular complexity index is 1290. The molecule has 2 aromatic heterocycles. The number of nitrogens with zero attached hydrogens (tertiary/aromatic N) is 2. The number of benzene rings is 1. The average Bonchev–Trinajstić information content (AvgIpc) is 3.30. The van der Waals surface area contributed by atoms with E-state index in [-0.39, 0.29) is 12.2 Å². The predicted octanol–water partition coefficient (Wildman–Crippen LogP) is 3.51. The van der Waals surface area contributed by atoms with E-state index in [0.717, 1.165) is 10.4 Å². The highest BCUT2D eigenvalue weighted by atomic mass is 35.5. The van der Waals surface area contributed by atoms with Gasteiger partial charge in [-0.15, -0.1) is 11.3 Å². The SMILES string of the molecule is CCOC(=O)C1=C(C)N=c2s/c(=C\c3cccc(Cl)c3)c(=O)n2[C@H]1c1cccs1. The van der Waals surface area contributed by atoms with Gasteiger partial charge in [-0.1, -0.05) is 41.1 Å². The maximum Gasteiger partial charge on any atom is 0.338 e. The fourth-order valence-electron chi connectivity index (χ4n) is 3.26. The van der Waals surface area contributed by atoms with Crippen molar-refractivity contribution in [3.63, 3.8) is 0 Å². The van der Waals surface area contributed by atoms with Crippen molar-refractivity contribution in [1.82, 2.24) is 4.57 Å². The Balaban J connectivity index is 1.94. The molecule has 0 amide bonds. The number of esters is 1. The minimum Gasteiger partial charge on any atom is -0.463 e. The van der Waals surface area contributed by atoms with Crippen LogP contribution in [-0.4, -0.2) is 17.1 Å². The van der Waals surface area contributed by atoms with Crippen LogP contribution in [0.3, 0.4) is 0 Å². The second kappa shape index (κ2) is 8.10. The predicted molar refractivity (Wildman–Crippen MR) is 116 cm³/mol. The number of halogens is 1. The summed E-state index contributed by atoms with van der Waals surface area (Å²) in [6, 6.07) is 10.6. The summed E-state index contributed by atoms with van der Waals surface area (Å²) in [6.45, 7) is 3.79. The van der Waals surface area contributed by atoms with Crippen LogP contribution in [0.1, 0.15) is 30.3 Å². The zero-order valence-electron chi connectivity index (χ0n) is 15.7. The number of hydrogen-bond donors (Lipinski definition) is 0. The first-order valence-electron chi connectivity index (χ1n) is 8.98. The molecule has 8 heteroatoms. The van der Waals surface area contributed by atoms with Gasteiger partial charge in [-0.25, -0.2) is 9.79 Å². The van der Waals surface area contributed by atoms with E-state index >= 15 is 0 Å². The Morgan fingerprint density at radius 3 is 2.86 bits per heavy atom. The molecule has 5 nitrogen and oxygen atoms in total. The molecule has 0 radical (unpaired) electrons. The Labute approximate surface area is 179 Å². The molecule has 148 valence electrons. The van der Waals surface area contributed by atoms with Crippen molar-refractivity contribution in [2.75, 3.05) is 6.61 Å². The lowest BCUT2D eigenvalue weighted by molar-refractivity contribution is -0.139. The Kier molecular flexibility index (Phi) is 5.54. The number of carbonyl (C=O) groups is 1. The summed E-state index contributed by atoms with van der Waals surface area (Å²) in [5, 5.41) is 2.53. The third kappa shape index (κ3) is 3.73. The minimum absolute atomic E-state index is 0.193. The zero-order chi connectivity index (χ0) is 20.5. The summed E-state index contributed by atoms with van der Waals surface area (Å²) in [4.78, 5) is 32.0. The molecule has 1 aliphatic heterocycles. The van der Waals surface area contributed by atoms with E-state index in [1.807, 2.05) is 29.6 Å². The monoisotopic (exact) mass is 444 g/mol. The van der Waals surface area contributed by atoms with Gasteiger partial charge in [0, 0.05) is 9.90 Å². The molecule has 3 aromatic rings. The summed E-state index contributed by atoms with van der Waals surface area (Å²) < 4.78 is 7.39. The molecule has 0 N–H and O–H groups in total. The normalized spacial score (nSPS) is 16.5. The molecule has 1 aliphatic rings. The van der Waals surface area contributed by atoms with Gasteiger partial charge in [0.25, 0.3) is 5.56 Å². The second-order valence-electron chi connectivity index (χ2n) is 6.37. The highest BCUT2D eigenvalue weighted by Crippen LogP contribution is 2.33. The van der Waals surface area contributed by atoms with E-state index in [1.54, 1.807) is 36.6 Å². The molecule has 0 unspecified atom stereocenters. The molecular weight excluding hydrogens is 428 g/mol. The van der Waals surface area contributed by atoms with Crippen molar-refractivity contribution >= 4 is 46.3 Å². The number of carbonyl (C=O) groups excluding carboxylic acids is 1. The van der Waals surface area contributed by atoms with Gasteiger partial charge in [-0.05, 0) is 49.1 Å². The van der Waals surface area contributed by atoms with Crippen LogP contribution in [-0.2, 0) is 9.53 Å². The van der Waals surface area contributed by atoms with E-state index in [2.05, 4.69) is 4.99 Å². The third-order valence-corrected chi connectivity index (χ3v) is 6.62. The van der Waals surface area contributed by atoms with Gasteiger partial charge in [-0.2, -0.15) is 0 Å². The molecule has 4 rings (SSSR count). The van der Waals surface area contributed by atoms with Gasteiger partial charge < -0.3 is 4.74 Å². The summed E-state index contributed by atoms with van der Waals surface area (Å²) in [5.41, 5.74) is 1.60. The number of aromatic nitrogens is 1. The minimum atomic E-state index is -0.549. The first kappa shape index (κ1) is 19.8. The van der Waals surface area contributed by atoms with Crippen molar-refractivity contribution in [2.45, 2.75) is 19.9 Å². The number of hydrogen-bond acceptors (Lipinski definition) is 6. The number of thiophene rings is 1. The molecule has 0 saturated carbocycles. The topological polar surface area (TPSA) is 60.7 Å². The quantitative estimate of drug-likeness (QED) is 0.578. The maximum atomic E-state index is 13.3. The molecule has 1 atom stereocenters. The molecule has 0 aliphatic carbocycles. The zero-order valence-corrected chi connectivity index (χ0v) is 18.1. The fourth-order valence-corrected chi connectivity index (χ4v) is 5.32. The smallest absolute Gasteiger partial charge is 0.338 e. The molecular formula is C21H17ClN2O3S2. The van der Waals surface area contributed by atoms with Crippen LogP contribution in [0.5, 0.6) is 0 Å². The first-order chi connectivity index (χ1) is 14.0. The lowest BCUT2D eigenvalue weighted by Gasteiger charge is -2.23. The summed E-state index contributed by atoms with van der Waals surface area (Å²) in [5.74, 6) is -0.448. The van der Waals surface area contributed by atoms with Crippen LogP contribution < -0.4 is 14.9 Å². The Hall–Kier alpha value is -2.48. The fraction of sp³-hybridized carbons (Fsp3) is 0.190. The number of ether oxygens (including phenoxy) is 1. The molecule has 0 bridgehead atoms. The summed E-state index contributed by atoms with van der Waals surface area (Å²) >= 11 is 8.86. The summed E-state index contributed by atoms with van der Waals surface area (Å²) in [6.07, 6.45) is 1.80. The maximum absolute atomic E-state index is 13.3. The van der Waals surface area contributed by atoms with Gasteiger partial charge in [0.15, 0.2) is 4.80 Å². The van der Waals surface area contributed by atoms with Crippen LogP contribution in [0.4, 0.5) is 0 Å². The van der Waals surface area contributed by atoms with Gasteiger partial charge in [0.2, 0.25) is 0 Å². The number of rotatable bonds is 4. The van der Waals surface area contributed by atoms with Crippen LogP contribution in [0.15, 0.2) is 62.8 Å². The number of thiazole rings is 1. The van der Waals surface area contributed by atoms with Crippen molar-refractivity contribution in [1.29, 1.82) is 0 Å². The van der Waals surface area contributed by atoms with E-state index < -0.39 is 12.0 Å². The molecule has 0 fully saturated rings. The number of fused-ring (bicyclic) bond motifs is 1. The van der Waals surface area contributed by atoms with Crippen LogP contribution in [0.2, 0.25) is 5.02 Å². The van der Waals surface area contributed by atoms with Crippen molar-refractivity contribution in [3.05, 3.63) is 88.2 Å². The van der Waals surface area contributed by atoms with Gasteiger partial charge in [-0.3, -0.25) is 9.36 Å².